The quantitative estimate of drug-likeness (QED) is 0.628. The first-order valence-corrected chi connectivity index (χ1v) is 11.4. The second-order valence-corrected chi connectivity index (χ2v) is 9.45. The second-order valence-electron chi connectivity index (χ2n) is 7.51. The largest absolute Gasteiger partial charge is 0.419 e. The third-order valence-corrected chi connectivity index (χ3v) is 7.25. The van der Waals surface area contributed by atoms with Gasteiger partial charge in [-0.3, -0.25) is 14.2 Å². The number of benzene rings is 2. The van der Waals surface area contributed by atoms with Gasteiger partial charge in [-0.2, -0.15) is 4.31 Å². The Balaban J connectivity index is 1.48. The van der Waals surface area contributed by atoms with Gasteiger partial charge in [0.25, 0.3) is 5.91 Å². The Kier molecular flexibility index (Phi) is 5.61. The molecule has 0 aliphatic carbocycles. The Morgan fingerprint density at radius 3 is 2.44 bits per heavy atom. The first-order valence-electron chi connectivity index (χ1n) is 9.93. The van der Waals surface area contributed by atoms with E-state index in [2.05, 4.69) is 5.32 Å². The fourth-order valence-corrected chi connectivity index (χ4v) is 5.11. The fraction of sp³-hybridized carbons (Fsp3) is 0.286. The average Bonchev–Trinajstić information content (AvgIpc) is 3.06. The molecule has 2 heterocycles. The van der Waals surface area contributed by atoms with E-state index in [-0.39, 0.29) is 48.5 Å². The molecule has 3 aromatic rings. The van der Waals surface area contributed by atoms with Crippen molar-refractivity contribution in [2.45, 2.75) is 11.8 Å². The van der Waals surface area contributed by atoms with Gasteiger partial charge in [-0.1, -0.05) is 6.07 Å². The number of fused-ring (bicyclic) bond motifs is 1. The smallest absolute Gasteiger partial charge is 0.408 e. The third kappa shape index (κ3) is 4.04. The number of rotatable bonds is 4. The summed E-state index contributed by atoms with van der Waals surface area (Å²) < 4.78 is 33.9. The summed E-state index contributed by atoms with van der Waals surface area (Å²) in [6.07, 6.45) is 0. The highest BCUT2D eigenvalue weighted by Crippen LogP contribution is 2.23. The SMILES string of the molecule is CC(=O)Nc1cccc(C(=O)N2CCN(S(=O)(=O)c3ccc4c(c3)oc(=O)n4C)CC2)c1. The number of hydrogen-bond donors (Lipinski definition) is 1. The van der Waals surface area contributed by atoms with E-state index in [1.54, 1.807) is 36.2 Å². The van der Waals surface area contributed by atoms with Crippen molar-refractivity contribution in [3.05, 3.63) is 58.6 Å². The molecule has 1 aliphatic rings. The van der Waals surface area contributed by atoms with Crippen LogP contribution < -0.4 is 11.1 Å². The molecule has 2 amide bonds. The molecule has 0 atom stereocenters. The zero-order valence-corrected chi connectivity index (χ0v) is 18.4. The average molecular weight is 458 g/mol. The fourth-order valence-electron chi connectivity index (χ4n) is 3.67. The predicted octanol–water partition coefficient (Wildman–Crippen LogP) is 1.24. The number of carbonyl (C=O) groups is 2. The highest BCUT2D eigenvalue weighted by molar-refractivity contribution is 7.89. The van der Waals surface area contributed by atoms with Crippen molar-refractivity contribution in [3.8, 4) is 0 Å². The van der Waals surface area contributed by atoms with Crippen molar-refractivity contribution in [2.75, 3.05) is 31.5 Å². The van der Waals surface area contributed by atoms with Crippen LogP contribution in [0.4, 0.5) is 5.69 Å². The van der Waals surface area contributed by atoms with Crippen molar-refractivity contribution in [1.82, 2.24) is 13.8 Å². The van der Waals surface area contributed by atoms with Gasteiger partial charge in [0, 0.05) is 57.5 Å². The number of nitrogens with zero attached hydrogens (tertiary/aromatic N) is 3. The van der Waals surface area contributed by atoms with Gasteiger partial charge in [-0.15, -0.1) is 0 Å². The zero-order valence-electron chi connectivity index (χ0n) is 17.6. The number of piperazine rings is 1. The minimum Gasteiger partial charge on any atom is -0.408 e. The number of sulfonamides is 1. The van der Waals surface area contributed by atoms with Gasteiger partial charge in [0.05, 0.1) is 10.4 Å². The van der Waals surface area contributed by atoms with Crippen LogP contribution in [0.1, 0.15) is 17.3 Å². The van der Waals surface area contributed by atoms with Gasteiger partial charge >= 0.3 is 5.76 Å². The molecule has 1 aliphatic heterocycles. The highest BCUT2D eigenvalue weighted by atomic mass is 32.2. The summed E-state index contributed by atoms with van der Waals surface area (Å²) in [5, 5.41) is 2.64. The minimum atomic E-state index is -3.81. The van der Waals surface area contributed by atoms with E-state index in [4.69, 9.17) is 4.42 Å². The number of anilines is 1. The molecule has 10 nitrogen and oxygen atoms in total. The Hall–Kier alpha value is -3.44. The van der Waals surface area contributed by atoms with Gasteiger partial charge in [-0.05, 0) is 30.3 Å². The van der Waals surface area contributed by atoms with E-state index in [0.29, 0.717) is 16.8 Å². The first kappa shape index (κ1) is 21.8. The molecule has 2 aromatic carbocycles. The van der Waals surface area contributed by atoms with Crippen LogP contribution in [0.5, 0.6) is 0 Å². The van der Waals surface area contributed by atoms with Crippen molar-refractivity contribution >= 4 is 38.6 Å². The number of oxazole rings is 1. The summed E-state index contributed by atoms with van der Waals surface area (Å²) in [6.45, 7) is 2.11. The van der Waals surface area contributed by atoms with Crippen molar-refractivity contribution < 1.29 is 22.4 Å². The van der Waals surface area contributed by atoms with Gasteiger partial charge in [0.2, 0.25) is 15.9 Å². The maximum Gasteiger partial charge on any atom is 0.419 e. The second kappa shape index (κ2) is 8.24. The lowest BCUT2D eigenvalue weighted by atomic mass is 10.1. The van der Waals surface area contributed by atoms with E-state index in [1.165, 1.54) is 34.0 Å². The van der Waals surface area contributed by atoms with Crippen LogP contribution in [0.2, 0.25) is 0 Å². The van der Waals surface area contributed by atoms with Crippen molar-refractivity contribution in [2.24, 2.45) is 7.05 Å². The van der Waals surface area contributed by atoms with Gasteiger partial charge in [-0.25, -0.2) is 13.2 Å². The lowest BCUT2D eigenvalue weighted by Gasteiger charge is -2.34. The number of aryl methyl sites for hydroxylation is 1. The van der Waals surface area contributed by atoms with Crippen LogP contribution in [0.15, 0.2) is 56.6 Å². The summed E-state index contributed by atoms with van der Waals surface area (Å²) in [4.78, 5) is 37.4. The molecule has 11 heteroatoms. The zero-order chi connectivity index (χ0) is 23.0. The summed E-state index contributed by atoms with van der Waals surface area (Å²) in [6, 6.07) is 10.9. The van der Waals surface area contributed by atoms with Crippen LogP contribution in [0.25, 0.3) is 11.1 Å². The summed E-state index contributed by atoms with van der Waals surface area (Å²) >= 11 is 0. The molecule has 0 unspecified atom stereocenters. The first-order chi connectivity index (χ1) is 15.2. The molecule has 0 spiro atoms. The van der Waals surface area contributed by atoms with E-state index in [1.807, 2.05) is 0 Å². The Labute approximate surface area is 184 Å². The van der Waals surface area contributed by atoms with Gasteiger partial charge in [0.1, 0.15) is 0 Å². The standard InChI is InChI=1S/C21H22N4O6S/c1-14(26)22-16-5-3-4-15(12-16)20(27)24-8-10-25(11-9-24)32(29,30)17-6-7-18-19(13-17)31-21(28)23(18)2/h3-7,12-13H,8-11H2,1-2H3,(H,22,26). The molecule has 1 saturated heterocycles. The highest BCUT2D eigenvalue weighted by Gasteiger charge is 2.31. The monoisotopic (exact) mass is 458 g/mol. The van der Waals surface area contributed by atoms with Crippen molar-refractivity contribution in [3.63, 3.8) is 0 Å². The summed E-state index contributed by atoms with van der Waals surface area (Å²) in [5.41, 5.74) is 1.64. The van der Waals surface area contributed by atoms with Crippen LogP contribution >= 0.6 is 0 Å². The lowest BCUT2D eigenvalue weighted by molar-refractivity contribution is -0.114. The Bertz CT molecular complexity index is 1370. The van der Waals surface area contributed by atoms with Crippen molar-refractivity contribution in [1.29, 1.82) is 0 Å². The molecular formula is C21H22N4O6S. The molecule has 168 valence electrons. The third-order valence-electron chi connectivity index (χ3n) is 5.36. The summed E-state index contributed by atoms with van der Waals surface area (Å²) in [7, 11) is -2.27. The molecule has 1 N–H and O–H groups in total. The molecule has 1 fully saturated rings. The molecule has 0 saturated carbocycles. The summed E-state index contributed by atoms with van der Waals surface area (Å²) in [5.74, 6) is -1.03. The number of hydrogen-bond acceptors (Lipinski definition) is 6. The van der Waals surface area contributed by atoms with Gasteiger partial charge < -0.3 is 14.6 Å². The molecule has 0 bridgehead atoms. The van der Waals surface area contributed by atoms with E-state index in [0.717, 1.165) is 0 Å². The van der Waals surface area contributed by atoms with E-state index >= 15 is 0 Å². The Morgan fingerprint density at radius 2 is 1.75 bits per heavy atom. The lowest BCUT2D eigenvalue weighted by Crippen LogP contribution is -2.50. The van der Waals surface area contributed by atoms with E-state index < -0.39 is 15.8 Å². The minimum absolute atomic E-state index is 0.0298. The number of carbonyl (C=O) groups excluding carboxylic acids is 2. The maximum atomic E-state index is 13.1. The van der Waals surface area contributed by atoms with Crippen LogP contribution in [-0.4, -0.2) is 60.2 Å². The van der Waals surface area contributed by atoms with Gasteiger partial charge in [0.15, 0.2) is 5.58 Å². The normalized spacial score (nSPS) is 15.1. The van der Waals surface area contributed by atoms with Crippen LogP contribution in [0.3, 0.4) is 0 Å². The topological polar surface area (TPSA) is 122 Å². The molecular weight excluding hydrogens is 436 g/mol. The molecule has 4 rings (SSSR count). The number of aromatic nitrogens is 1. The number of nitrogens with one attached hydrogen (secondary N) is 1. The van der Waals surface area contributed by atoms with Crippen LogP contribution in [0, 0.1) is 0 Å². The Morgan fingerprint density at radius 1 is 1.03 bits per heavy atom. The van der Waals surface area contributed by atoms with E-state index in [9.17, 15) is 22.8 Å². The van der Waals surface area contributed by atoms with Crippen LogP contribution in [-0.2, 0) is 21.9 Å². The molecule has 32 heavy (non-hydrogen) atoms. The number of amides is 2. The molecule has 0 radical (unpaired) electrons. The maximum absolute atomic E-state index is 13.1. The molecule has 1 aromatic heterocycles. The predicted molar refractivity (Wildman–Crippen MR) is 117 cm³/mol.